The highest BCUT2D eigenvalue weighted by Gasteiger charge is 2.02. The Balaban J connectivity index is 2.52. The zero-order valence-corrected chi connectivity index (χ0v) is 8.12. The Morgan fingerprint density at radius 1 is 1.36 bits per heavy atom. The van der Waals surface area contributed by atoms with Crippen LogP contribution in [0.1, 0.15) is 16.8 Å². The molecule has 72 valence electrons. The fraction of sp³-hybridized carbons (Fsp3) is 0.200. The number of benzene rings is 1. The molecule has 14 heavy (non-hydrogen) atoms. The van der Waals surface area contributed by atoms with E-state index in [1.807, 2.05) is 20.0 Å². The molecule has 0 heterocycles. The van der Waals surface area contributed by atoms with Gasteiger partial charge in [-0.3, -0.25) is 4.79 Å². The van der Waals surface area contributed by atoms with E-state index in [2.05, 4.69) is 5.32 Å². The van der Waals surface area contributed by atoms with Crippen molar-refractivity contribution in [2.75, 3.05) is 6.54 Å². The van der Waals surface area contributed by atoms with E-state index in [4.69, 9.17) is 0 Å². The minimum Gasteiger partial charge on any atom is -0.352 e. The van der Waals surface area contributed by atoms with Gasteiger partial charge in [0, 0.05) is 18.5 Å². The van der Waals surface area contributed by atoms with E-state index >= 15 is 0 Å². The number of rotatable bonds is 4. The molecule has 0 aliphatic heterocycles. The summed E-state index contributed by atoms with van der Waals surface area (Å²) in [5.41, 5.74) is 1.75. The number of nitrogens with one attached hydrogen (secondary N) is 1. The van der Waals surface area contributed by atoms with Gasteiger partial charge in [-0.05, 0) is 0 Å². The predicted octanol–water partition coefficient (Wildman–Crippen LogP) is -0.736. The summed E-state index contributed by atoms with van der Waals surface area (Å²) in [4.78, 5) is 21.4. The van der Waals surface area contributed by atoms with Gasteiger partial charge >= 0.3 is 0 Å². The molecule has 1 N–H and O–H groups in total. The number of carbonyl (C=O) groups excluding carboxylic acids is 2. The Hall–Kier alpha value is -1.58. The topological polar surface area (TPSA) is 46.2 Å². The van der Waals surface area contributed by atoms with Crippen LogP contribution in [0.25, 0.3) is 0 Å². The second kappa shape index (κ2) is 5.22. The lowest BCUT2D eigenvalue weighted by Gasteiger charge is -2.02. The highest BCUT2D eigenvalue weighted by molar-refractivity contribution is 6.32. The fourth-order valence-electron chi connectivity index (χ4n) is 1.05. The Bertz CT molecular complexity index is 321. The van der Waals surface area contributed by atoms with Gasteiger partial charge in [0.25, 0.3) is 5.91 Å². The van der Waals surface area contributed by atoms with Crippen molar-refractivity contribution >= 4 is 25.5 Å². The number of aldehydes is 1. The molecule has 0 spiro atoms. The molecule has 0 radical (unpaired) electrons. The van der Waals surface area contributed by atoms with E-state index in [1.54, 1.807) is 12.1 Å². The van der Waals surface area contributed by atoms with Crippen molar-refractivity contribution in [1.82, 2.24) is 5.32 Å². The van der Waals surface area contributed by atoms with Gasteiger partial charge in [-0.2, -0.15) is 0 Å². The van der Waals surface area contributed by atoms with Crippen molar-refractivity contribution < 1.29 is 9.59 Å². The third kappa shape index (κ3) is 3.05. The zero-order valence-electron chi connectivity index (χ0n) is 8.12. The van der Waals surface area contributed by atoms with Crippen LogP contribution in [0.3, 0.4) is 0 Å². The van der Waals surface area contributed by atoms with Crippen LogP contribution in [0.15, 0.2) is 24.3 Å². The van der Waals surface area contributed by atoms with Gasteiger partial charge in [-0.25, -0.2) is 0 Å². The van der Waals surface area contributed by atoms with Crippen LogP contribution in [-0.4, -0.2) is 26.6 Å². The van der Waals surface area contributed by atoms with Gasteiger partial charge in [0.15, 0.2) is 0 Å². The van der Waals surface area contributed by atoms with Crippen molar-refractivity contribution in [3.63, 3.8) is 0 Å². The zero-order chi connectivity index (χ0) is 10.4. The summed E-state index contributed by atoms with van der Waals surface area (Å²) in [5.74, 6) is -0.133. The van der Waals surface area contributed by atoms with Gasteiger partial charge in [-0.1, -0.05) is 29.7 Å². The quantitative estimate of drug-likeness (QED) is 0.385. The summed E-state index contributed by atoms with van der Waals surface area (Å²) in [6.07, 6.45) is 1.15. The third-order valence-corrected chi connectivity index (χ3v) is 1.86. The molecular weight excluding hydrogens is 177 g/mol. The molecule has 0 aliphatic carbocycles. The van der Waals surface area contributed by atoms with Gasteiger partial charge in [0.1, 0.15) is 14.1 Å². The average Bonchev–Trinajstić information content (AvgIpc) is 2.19. The van der Waals surface area contributed by atoms with Gasteiger partial charge < -0.3 is 10.1 Å². The van der Waals surface area contributed by atoms with Crippen LogP contribution in [0.4, 0.5) is 0 Å². The van der Waals surface area contributed by atoms with Gasteiger partial charge in [0.2, 0.25) is 0 Å². The first kappa shape index (κ1) is 10.5. The monoisotopic (exact) mass is 189 g/mol. The number of amides is 1. The molecule has 0 saturated carbocycles. The standard InChI is InChI=1S/C10H12BNO2/c11-9-4-2-8(3-5-9)10(14)12-6-1-7-13/h2-5,7H,1,6,11H2,(H,12,14). The molecule has 1 aromatic carbocycles. The Kier molecular flexibility index (Phi) is 3.92. The SMILES string of the molecule is Bc1ccc(C(=O)NCCC=O)cc1. The summed E-state index contributed by atoms with van der Waals surface area (Å²) in [6, 6.07) is 7.31. The van der Waals surface area contributed by atoms with Crippen molar-refractivity contribution in [2.24, 2.45) is 0 Å². The lowest BCUT2D eigenvalue weighted by Crippen LogP contribution is -2.24. The molecule has 1 amide bonds. The maximum Gasteiger partial charge on any atom is 0.251 e. The minimum atomic E-state index is -0.133. The molecule has 0 atom stereocenters. The largest absolute Gasteiger partial charge is 0.352 e. The highest BCUT2D eigenvalue weighted by Crippen LogP contribution is 1.95. The van der Waals surface area contributed by atoms with E-state index in [-0.39, 0.29) is 5.91 Å². The second-order valence-electron chi connectivity index (χ2n) is 3.08. The van der Waals surface area contributed by atoms with E-state index in [1.165, 1.54) is 0 Å². The van der Waals surface area contributed by atoms with Gasteiger partial charge in [-0.15, -0.1) is 0 Å². The maximum atomic E-state index is 11.4. The van der Waals surface area contributed by atoms with E-state index < -0.39 is 0 Å². The second-order valence-corrected chi connectivity index (χ2v) is 3.08. The van der Waals surface area contributed by atoms with Crippen LogP contribution in [0, 0.1) is 0 Å². The maximum absolute atomic E-state index is 11.4. The summed E-state index contributed by atoms with van der Waals surface area (Å²) in [5, 5.41) is 2.65. The van der Waals surface area contributed by atoms with Crippen LogP contribution in [0.5, 0.6) is 0 Å². The average molecular weight is 189 g/mol. The lowest BCUT2D eigenvalue weighted by atomic mass is 9.95. The minimum absolute atomic E-state index is 0.133. The molecule has 0 bridgehead atoms. The van der Waals surface area contributed by atoms with E-state index in [0.717, 1.165) is 11.7 Å². The van der Waals surface area contributed by atoms with E-state index in [0.29, 0.717) is 18.5 Å². The number of hydrogen-bond acceptors (Lipinski definition) is 2. The summed E-state index contributed by atoms with van der Waals surface area (Å²) in [7, 11) is 1.97. The highest BCUT2D eigenvalue weighted by atomic mass is 16.1. The van der Waals surface area contributed by atoms with Crippen molar-refractivity contribution in [2.45, 2.75) is 6.42 Å². The smallest absolute Gasteiger partial charge is 0.251 e. The lowest BCUT2D eigenvalue weighted by molar-refractivity contribution is -0.107. The molecule has 3 nitrogen and oxygen atoms in total. The normalized spacial score (nSPS) is 9.43. The summed E-state index contributed by atoms with van der Waals surface area (Å²) in [6.45, 7) is 0.399. The Morgan fingerprint density at radius 3 is 2.57 bits per heavy atom. The first-order valence-electron chi connectivity index (χ1n) is 4.52. The molecule has 1 aromatic rings. The van der Waals surface area contributed by atoms with Crippen LogP contribution >= 0.6 is 0 Å². The molecule has 4 heteroatoms. The Labute approximate surface area is 83.9 Å². The molecule has 1 rings (SSSR count). The van der Waals surface area contributed by atoms with Crippen molar-refractivity contribution in [1.29, 1.82) is 0 Å². The first-order chi connectivity index (χ1) is 6.74. The van der Waals surface area contributed by atoms with Crippen molar-refractivity contribution in [3.05, 3.63) is 29.8 Å². The number of carbonyl (C=O) groups is 2. The Morgan fingerprint density at radius 2 is 2.00 bits per heavy atom. The van der Waals surface area contributed by atoms with Crippen LogP contribution < -0.4 is 10.8 Å². The first-order valence-corrected chi connectivity index (χ1v) is 4.52. The summed E-state index contributed by atoms with van der Waals surface area (Å²) >= 11 is 0. The molecule has 0 unspecified atom stereocenters. The molecule has 0 saturated heterocycles. The molecule has 0 aliphatic rings. The van der Waals surface area contributed by atoms with E-state index in [9.17, 15) is 9.59 Å². The summed E-state index contributed by atoms with van der Waals surface area (Å²) < 4.78 is 0. The molecule has 0 fully saturated rings. The number of hydrogen-bond donors (Lipinski definition) is 1. The van der Waals surface area contributed by atoms with Crippen LogP contribution in [0.2, 0.25) is 0 Å². The third-order valence-electron chi connectivity index (χ3n) is 1.86. The van der Waals surface area contributed by atoms with Gasteiger partial charge in [0.05, 0.1) is 0 Å². The predicted molar refractivity (Wildman–Crippen MR) is 57.6 cm³/mol. The molecular formula is C10H12BNO2. The van der Waals surface area contributed by atoms with Crippen molar-refractivity contribution in [3.8, 4) is 0 Å². The molecule has 0 aromatic heterocycles. The fourth-order valence-corrected chi connectivity index (χ4v) is 1.05. The van der Waals surface area contributed by atoms with Crippen LogP contribution in [-0.2, 0) is 4.79 Å².